The molecule has 0 radical (unpaired) electrons. The van der Waals surface area contributed by atoms with Gasteiger partial charge in [0.25, 0.3) is 4.90 Å². The fourth-order valence-electron chi connectivity index (χ4n) is 2.29. The fraction of sp³-hybridized carbons (Fsp3) is 0. The van der Waals surface area contributed by atoms with Gasteiger partial charge in [-0.15, -0.1) is 0 Å². The maximum absolute atomic E-state index is 11.7. The van der Waals surface area contributed by atoms with Gasteiger partial charge in [-0.3, -0.25) is 10.0 Å². The maximum atomic E-state index is 11.7. The van der Waals surface area contributed by atoms with E-state index in [2.05, 4.69) is 15.2 Å². The van der Waals surface area contributed by atoms with Crippen LogP contribution in [0, 0.1) is 5.21 Å². The maximum Gasteiger partial charge on any atom is 1.00 e. The predicted molar refractivity (Wildman–Crippen MR) is 109 cm³/mol. The van der Waals surface area contributed by atoms with E-state index in [4.69, 9.17) is 5.21 Å². The second-order valence-electron chi connectivity index (χ2n) is 5.74. The van der Waals surface area contributed by atoms with Crippen molar-refractivity contribution in [1.82, 2.24) is 0 Å². The Morgan fingerprint density at radius 2 is 1.37 bits per heavy atom. The third-order valence-corrected chi connectivity index (χ3v) is 4.57. The summed E-state index contributed by atoms with van der Waals surface area (Å²) in [5.41, 5.74) is 0.995. The van der Waals surface area contributed by atoms with Crippen LogP contribution in [0.25, 0.3) is 0 Å². The van der Waals surface area contributed by atoms with Gasteiger partial charge in [-0.25, -0.2) is 4.99 Å². The molecular formula is C18H14N4NaO6S+. The normalized spacial score (nSPS) is 15.2. The second-order valence-corrected chi connectivity index (χ2v) is 7.18. The minimum atomic E-state index is -4.44. The van der Waals surface area contributed by atoms with E-state index in [0.29, 0.717) is 17.1 Å². The molecule has 0 heterocycles. The number of ketones is 1. The Kier molecular flexibility index (Phi) is 8.06. The Balaban J connectivity index is 0.00000320. The number of hydrogen-bond donors (Lipinski definition) is 3. The summed E-state index contributed by atoms with van der Waals surface area (Å²) in [6.45, 7) is 0. The third-order valence-electron chi connectivity index (χ3n) is 3.67. The summed E-state index contributed by atoms with van der Waals surface area (Å²) in [5.74, 6) is -0.126. The van der Waals surface area contributed by atoms with Crippen LogP contribution in [0.15, 0.2) is 86.9 Å². The van der Waals surface area contributed by atoms with Gasteiger partial charge >= 0.3 is 40.1 Å². The molecule has 0 atom stereocenters. The number of allylic oxidation sites excluding steroid dienone is 8. The molecule has 148 valence electrons. The smallest absolute Gasteiger partial charge is 0.733 e. The monoisotopic (exact) mass is 437 g/mol. The van der Waals surface area contributed by atoms with Crippen LogP contribution in [-0.2, 0) is 19.5 Å². The van der Waals surface area contributed by atoms with Crippen LogP contribution in [-0.4, -0.2) is 37.2 Å². The van der Waals surface area contributed by atoms with Gasteiger partial charge < -0.3 is 10.4 Å². The number of aliphatic imine (C=N–C) groups is 1. The summed E-state index contributed by atoms with van der Waals surface area (Å²) in [6.07, 6.45) is 12.2. The van der Waals surface area contributed by atoms with E-state index < -0.39 is 20.6 Å². The van der Waals surface area contributed by atoms with Crippen molar-refractivity contribution in [2.45, 2.75) is 4.90 Å². The summed E-state index contributed by atoms with van der Waals surface area (Å²) >= 11 is 0. The number of carbonyl (C=O) groups is 1. The molecule has 0 unspecified atom stereocenters. The van der Waals surface area contributed by atoms with Gasteiger partial charge in [0.05, 0.1) is 22.8 Å². The summed E-state index contributed by atoms with van der Waals surface area (Å²) in [4.78, 5) is 14.7. The van der Waals surface area contributed by atoms with E-state index in [1.54, 1.807) is 24.3 Å². The minimum absolute atomic E-state index is 0. The van der Waals surface area contributed by atoms with Crippen molar-refractivity contribution < 1.29 is 52.9 Å². The zero-order chi connectivity index (χ0) is 21.0. The predicted octanol–water partition coefficient (Wildman–Crippen LogP) is -0.121. The summed E-state index contributed by atoms with van der Waals surface area (Å²) in [6, 6.07) is 3.26. The molecule has 1 aromatic carbocycles. The molecule has 0 amide bonds. The molecule has 2 aliphatic carbocycles. The van der Waals surface area contributed by atoms with Gasteiger partial charge in [0.15, 0.2) is 5.78 Å². The second kappa shape index (κ2) is 10.1. The van der Waals surface area contributed by atoms with Crippen LogP contribution in [0.4, 0.5) is 11.4 Å². The Hall–Kier alpha value is -2.35. The van der Waals surface area contributed by atoms with E-state index in [9.17, 15) is 23.3 Å². The van der Waals surface area contributed by atoms with Gasteiger partial charge in [0.2, 0.25) is 0 Å². The molecule has 0 saturated heterocycles. The van der Waals surface area contributed by atoms with Gasteiger partial charge in [-0.2, -0.15) is 19.3 Å². The van der Waals surface area contributed by atoms with Crippen LogP contribution < -0.4 is 34.8 Å². The van der Waals surface area contributed by atoms with Gasteiger partial charge in [-0.1, -0.05) is 0 Å². The fourth-order valence-corrected chi connectivity index (χ4v) is 2.95. The largest absolute Gasteiger partial charge is 1.00 e. The number of anilines is 1. The molecule has 3 N–H and O–H groups in total. The number of carbonyl (C=O) groups excluding carboxylic acids is 1. The number of hydrogen-bond acceptors (Lipinski definition) is 8. The summed E-state index contributed by atoms with van der Waals surface area (Å²) in [5, 5.41) is 27.4. The first-order valence-electron chi connectivity index (χ1n) is 8.02. The number of benzene rings is 1. The van der Waals surface area contributed by atoms with Gasteiger partial charge in [-0.05, 0) is 64.9 Å². The zero-order valence-electron chi connectivity index (χ0n) is 15.6. The molecule has 1 aromatic rings. The SMILES string of the molecule is O=C1C=CC(=NN=C2C=CC(=Nc3ccc(N([O-])O)cc3[S+](=O)(O)O)C=C2)C=C1.[Na+]. The Labute approximate surface area is 194 Å². The average Bonchev–Trinajstić information content (AvgIpc) is 2.68. The zero-order valence-corrected chi connectivity index (χ0v) is 18.4. The molecule has 0 bridgehead atoms. The molecule has 2 aliphatic rings. The van der Waals surface area contributed by atoms with E-state index >= 15 is 0 Å². The van der Waals surface area contributed by atoms with Crippen molar-refractivity contribution in [2.24, 2.45) is 15.2 Å². The minimum Gasteiger partial charge on any atom is -0.733 e. The summed E-state index contributed by atoms with van der Waals surface area (Å²) in [7, 11) is -4.44. The third kappa shape index (κ3) is 6.32. The Bertz CT molecular complexity index is 1080. The first kappa shape index (κ1) is 23.9. The molecular weight excluding hydrogens is 423 g/mol. The van der Waals surface area contributed by atoms with Crippen LogP contribution in [0.2, 0.25) is 0 Å². The van der Waals surface area contributed by atoms with Crippen molar-refractivity contribution in [3.05, 3.63) is 72.0 Å². The van der Waals surface area contributed by atoms with Crippen LogP contribution in [0.3, 0.4) is 0 Å². The van der Waals surface area contributed by atoms with Crippen molar-refractivity contribution in [2.75, 3.05) is 5.23 Å². The first-order valence-corrected chi connectivity index (χ1v) is 9.49. The molecule has 3 rings (SSSR count). The van der Waals surface area contributed by atoms with Crippen LogP contribution in [0.1, 0.15) is 0 Å². The molecule has 10 nitrogen and oxygen atoms in total. The quantitative estimate of drug-likeness (QED) is 0.256. The number of nitrogens with zero attached hydrogens (tertiary/aromatic N) is 4. The standard InChI is InChI=1S/C18H14N4O6S.Na/c23-16-8-5-14(6-9-16)21-20-13-3-1-12(2-4-13)19-17-10-7-15(22(24)25)11-18(17)29(26,27)28;/h1-11,24H,(H2,26,27,28);/q;+1. The topological polar surface area (TPSA) is 158 Å². The van der Waals surface area contributed by atoms with Gasteiger partial charge in [0, 0.05) is 6.07 Å². The molecule has 0 aliphatic heterocycles. The Morgan fingerprint density at radius 1 is 0.867 bits per heavy atom. The molecule has 30 heavy (non-hydrogen) atoms. The summed E-state index contributed by atoms with van der Waals surface area (Å²) < 4.78 is 30.6. The molecule has 12 heteroatoms. The van der Waals surface area contributed by atoms with Crippen LogP contribution >= 0.6 is 0 Å². The van der Waals surface area contributed by atoms with Gasteiger partial charge in [0.1, 0.15) is 5.69 Å². The van der Waals surface area contributed by atoms with Crippen molar-refractivity contribution in [3.8, 4) is 0 Å². The molecule has 0 spiro atoms. The van der Waals surface area contributed by atoms with Crippen LogP contribution in [0.5, 0.6) is 0 Å². The van der Waals surface area contributed by atoms with E-state index in [1.807, 2.05) is 0 Å². The average molecular weight is 437 g/mol. The molecule has 0 aromatic heterocycles. The molecule has 0 saturated carbocycles. The van der Waals surface area contributed by atoms with E-state index in [0.717, 1.165) is 6.07 Å². The Morgan fingerprint density at radius 3 is 1.87 bits per heavy atom. The first-order chi connectivity index (χ1) is 13.7. The van der Waals surface area contributed by atoms with Crippen molar-refractivity contribution in [1.29, 1.82) is 0 Å². The van der Waals surface area contributed by atoms with E-state index in [1.165, 1.54) is 36.4 Å². The van der Waals surface area contributed by atoms with Crippen molar-refractivity contribution in [3.63, 3.8) is 0 Å². The number of rotatable bonds is 4. The van der Waals surface area contributed by atoms with E-state index in [-0.39, 0.29) is 46.7 Å². The van der Waals surface area contributed by atoms with Crippen molar-refractivity contribution >= 4 is 44.8 Å². The molecule has 0 fully saturated rings.